The molecule has 4 rings (SSSR count). The molecule has 2 heteroatoms. The van der Waals surface area contributed by atoms with E-state index in [2.05, 4.69) is 6.92 Å². The Morgan fingerprint density at radius 2 is 1.31 bits per heavy atom. The average Bonchev–Trinajstić information content (AvgIpc) is 1.97. The van der Waals surface area contributed by atoms with Crippen LogP contribution in [-0.4, -0.2) is 11.1 Å². The van der Waals surface area contributed by atoms with Gasteiger partial charge in [-0.05, 0) is 49.9 Å². The van der Waals surface area contributed by atoms with Crippen LogP contribution in [0.1, 0.15) is 39.0 Å². The highest BCUT2D eigenvalue weighted by molar-refractivity contribution is 5.16. The van der Waals surface area contributed by atoms with Crippen LogP contribution in [0.25, 0.3) is 0 Å². The minimum atomic E-state index is 0.0961. The van der Waals surface area contributed by atoms with Crippen molar-refractivity contribution in [2.75, 3.05) is 0 Å². The molecular weight excluding hydrogens is 160 g/mol. The lowest BCUT2D eigenvalue weighted by Gasteiger charge is -2.63. The van der Waals surface area contributed by atoms with E-state index < -0.39 is 0 Å². The summed E-state index contributed by atoms with van der Waals surface area (Å²) < 4.78 is 0. The molecule has 0 unspecified atom stereocenters. The molecule has 74 valence electrons. The van der Waals surface area contributed by atoms with Crippen LogP contribution in [-0.2, 0) is 0 Å². The molecule has 0 aromatic carbocycles. The van der Waals surface area contributed by atoms with Crippen molar-refractivity contribution in [1.82, 2.24) is 0 Å². The van der Waals surface area contributed by atoms with E-state index in [9.17, 15) is 0 Å². The van der Waals surface area contributed by atoms with Gasteiger partial charge in [-0.15, -0.1) is 0 Å². The van der Waals surface area contributed by atoms with Crippen LogP contribution in [0, 0.1) is 17.8 Å². The van der Waals surface area contributed by atoms with Crippen LogP contribution < -0.4 is 11.5 Å². The summed E-state index contributed by atoms with van der Waals surface area (Å²) in [6, 6.07) is 0. The lowest BCUT2D eigenvalue weighted by molar-refractivity contribution is -0.0649. The van der Waals surface area contributed by atoms with E-state index in [0.717, 1.165) is 11.8 Å². The van der Waals surface area contributed by atoms with Crippen molar-refractivity contribution < 1.29 is 0 Å². The maximum absolute atomic E-state index is 6.47. The minimum absolute atomic E-state index is 0.0961. The van der Waals surface area contributed by atoms with Crippen LogP contribution in [0.2, 0.25) is 0 Å². The molecule has 0 heterocycles. The second-order valence-corrected chi connectivity index (χ2v) is 5.97. The Balaban J connectivity index is 2.03. The zero-order valence-electron chi connectivity index (χ0n) is 8.42. The first-order valence-corrected chi connectivity index (χ1v) is 5.60. The Labute approximate surface area is 80.1 Å². The third-order valence-electron chi connectivity index (χ3n) is 5.07. The highest BCUT2D eigenvalue weighted by atomic mass is 14.9. The predicted octanol–water partition coefficient (Wildman–Crippen LogP) is 1.24. The van der Waals surface area contributed by atoms with E-state index in [1.165, 1.54) is 32.1 Å². The lowest BCUT2D eigenvalue weighted by atomic mass is 9.46. The molecule has 4 fully saturated rings. The van der Waals surface area contributed by atoms with Gasteiger partial charge in [0.2, 0.25) is 0 Å². The molecule has 0 aromatic heterocycles. The van der Waals surface area contributed by atoms with Gasteiger partial charge in [0.15, 0.2) is 0 Å². The van der Waals surface area contributed by atoms with Gasteiger partial charge in [-0.1, -0.05) is 6.92 Å². The maximum Gasteiger partial charge on any atom is 0.0203 e. The monoisotopic (exact) mass is 180 g/mol. The van der Waals surface area contributed by atoms with Crippen molar-refractivity contribution in [2.45, 2.75) is 50.1 Å². The fourth-order valence-corrected chi connectivity index (χ4v) is 4.55. The topological polar surface area (TPSA) is 52.0 Å². The fourth-order valence-electron chi connectivity index (χ4n) is 4.55. The number of rotatable bonds is 0. The predicted molar refractivity (Wildman–Crippen MR) is 53.1 cm³/mol. The summed E-state index contributed by atoms with van der Waals surface area (Å²) in [6.45, 7) is 2.28. The van der Waals surface area contributed by atoms with Crippen LogP contribution in [0.15, 0.2) is 0 Å². The molecule has 4 aliphatic rings. The molecule has 13 heavy (non-hydrogen) atoms. The molecule has 0 aromatic rings. The van der Waals surface area contributed by atoms with Gasteiger partial charge >= 0.3 is 0 Å². The third kappa shape index (κ3) is 0.909. The Bertz CT molecular complexity index is 212. The molecule has 2 nitrogen and oxygen atoms in total. The zero-order chi connectivity index (χ0) is 9.27. The molecule has 4 bridgehead atoms. The molecule has 0 amide bonds. The summed E-state index contributed by atoms with van der Waals surface area (Å²) in [6.07, 6.45) is 6.37. The Kier molecular flexibility index (Phi) is 1.34. The first-order valence-electron chi connectivity index (χ1n) is 5.60. The zero-order valence-corrected chi connectivity index (χ0v) is 8.42. The van der Waals surface area contributed by atoms with Gasteiger partial charge in [-0.3, -0.25) is 0 Å². The van der Waals surface area contributed by atoms with Crippen molar-refractivity contribution in [3.8, 4) is 0 Å². The van der Waals surface area contributed by atoms with Gasteiger partial charge < -0.3 is 11.5 Å². The molecule has 4 saturated carbocycles. The summed E-state index contributed by atoms with van der Waals surface area (Å²) in [5.41, 5.74) is 13.1. The van der Waals surface area contributed by atoms with Crippen LogP contribution >= 0.6 is 0 Å². The van der Waals surface area contributed by atoms with E-state index in [1.54, 1.807) is 0 Å². The first-order chi connectivity index (χ1) is 6.02. The smallest absolute Gasteiger partial charge is 0.0203 e. The molecule has 0 atom stereocenters. The summed E-state index contributed by atoms with van der Waals surface area (Å²) in [5, 5.41) is 0. The molecule has 0 aliphatic heterocycles. The minimum Gasteiger partial charge on any atom is -0.325 e. The van der Waals surface area contributed by atoms with Crippen molar-refractivity contribution in [2.24, 2.45) is 29.2 Å². The number of hydrogen-bond acceptors (Lipinski definition) is 2. The second-order valence-electron chi connectivity index (χ2n) is 5.97. The normalized spacial score (nSPS) is 64.4. The SMILES string of the molecule is CC1C2(N)CC3CC(C2)CC1(N)C3. The Morgan fingerprint density at radius 1 is 0.923 bits per heavy atom. The van der Waals surface area contributed by atoms with Gasteiger partial charge in [-0.25, -0.2) is 0 Å². The van der Waals surface area contributed by atoms with Crippen molar-refractivity contribution >= 4 is 0 Å². The first kappa shape index (κ1) is 8.25. The molecule has 4 aliphatic carbocycles. The van der Waals surface area contributed by atoms with Gasteiger partial charge in [0.25, 0.3) is 0 Å². The average molecular weight is 180 g/mol. The molecule has 0 saturated heterocycles. The van der Waals surface area contributed by atoms with Gasteiger partial charge in [-0.2, -0.15) is 0 Å². The van der Waals surface area contributed by atoms with E-state index in [-0.39, 0.29) is 11.1 Å². The summed E-state index contributed by atoms with van der Waals surface area (Å²) in [5.74, 6) is 2.23. The Morgan fingerprint density at radius 3 is 1.69 bits per heavy atom. The highest BCUT2D eigenvalue weighted by Gasteiger charge is 2.59. The molecule has 4 N–H and O–H groups in total. The lowest BCUT2D eigenvalue weighted by Crippen LogP contribution is -2.71. The van der Waals surface area contributed by atoms with Gasteiger partial charge in [0.05, 0.1) is 0 Å². The number of nitrogens with two attached hydrogens (primary N) is 2. The molecule has 0 radical (unpaired) electrons. The molecule has 0 spiro atoms. The molecular formula is C11H20N2. The third-order valence-corrected chi connectivity index (χ3v) is 5.07. The van der Waals surface area contributed by atoms with Crippen molar-refractivity contribution in [3.63, 3.8) is 0 Å². The van der Waals surface area contributed by atoms with Gasteiger partial charge in [0.1, 0.15) is 0 Å². The quantitative estimate of drug-likeness (QED) is 0.589. The highest BCUT2D eigenvalue weighted by Crippen LogP contribution is 2.58. The standard InChI is InChI=1S/C11H20N2/c1-7-10(12)3-8-2-9(5-10)6-11(7,13)4-8/h7-9H,2-6,12-13H2,1H3. The van der Waals surface area contributed by atoms with Crippen LogP contribution in [0.4, 0.5) is 0 Å². The number of hydrogen-bond donors (Lipinski definition) is 2. The van der Waals surface area contributed by atoms with Crippen molar-refractivity contribution in [3.05, 3.63) is 0 Å². The van der Waals surface area contributed by atoms with E-state index >= 15 is 0 Å². The van der Waals surface area contributed by atoms with Gasteiger partial charge in [0, 0.05) is 11.1 Å². The summed E-state index contributed by atoms with van der Waals surface area (Å²) in [4.78, 5) is 0. The van der Waals surface area contributed by atoms with Crippen LogP contribution in [0.5, 0.6) is 0 Å². The van der Waals surface area contributed by atoms with Crippen LogP contribution in [0.3, 0.4) is 0 Å². The largest absolute Gasteiger partial charge is 0.325 e. The fraction of sp³-hybridized carbons (Fsp3) is 1.00. The van der Waals surface area contributed by atoms with E-state index in [4.69, 9.17) is 11.5 Å². The Hall–Kier alpha value is -0.0800. The van der Waals surface area contributed by atoms with E-state index in [0.29, 0.717) is 5.92 Å². The summed E-state index contributed by atoms with van der Waals surface area (Å²) >= 11 is 0. The van der Waals surface area contributed by atoms with Crippen molar-refractivity contribution in [1.29, 1.82) is 0 Å². The van der Waals surface area contributed by atoms with E-state index in [1.807, 2.05) is 0 Å². The maximum atomic E-state index is 6.47. The summed E-state index contributed by atoms with van der Waals surface area (Å²) in [7, 11) is 0. The second kappa shape index (κ2) is 2.12.